The quantitative estimate of drug-likeness (QED) is 0.881. The highest BCUT2D eigenvalue weighted by Gasteiger charge is 2.35. The van der Waals surface area contributed by atoms with E-state index < -0.39 is 11.4 Å². The van der Waals surface area contributed by atoms with Crippen LogP contribution in [0.4, 0.5) is 10.1 Å². The van der Waals surface area contributed by atoms with Crippen molar-refractivity contribution in [2.75, 3.05) is 18.5 Å². The summed E-state index contributed by atoms with van der Waals surface area (Å²) in [6.45, 7) is 0.914. The Kier molecular flexibility index (Phi) is 5.55. The molecule has 1 heterocycles. The normalized spacial score (nSPS) is 17.4. The fourth-order valence-electron chi connectivity index (χ4n) is 1.79. The molecule has 1 amide bonds. The summed E-state index contributed by atoms with van der Waals surface area (Å²) in [5.74, 6) is -0.903. The van der Waals surface area contributed by atoms with Crippen molar-refractivity contribution < 1.29 is 13.9 Å². The van der Waals surface area contributed by atoms with Crippen LogP contribution < -0.4 is 11.1 Å². The second kappa shape index (κ2) is 6.52. The van der Waals surface area contributed by atoms with E-state index in [4.69, 9.17) is 22.1 Å². The first-order valence-corrected chi connectivity index (χ1v) is 6.02. The molecule has 0 bridgehead atoms. The summed E-state index contributed by atoms with van der Waals surface area (Å²) in [6, 6.07) is 4.09. The first-order valence-electron chi connectivity index (χ1n) is 5.64. The molecule has 1 aliphatic rings. The molecule has 0 atom stereocenters. The molecule has 0 unspecified atom stereocenters. The van der Waals surface area contributed by atoms with Gasteiger partial charge >= 0.3 is 0 Å². The second-order valence-corrected chi connectivity index (χ2v) is 4.76. The number of nitrogens with two attached hydrogens (primary N) is 1. The number of hydrogen-bond donors (Lipinski definition) is 2. The summed E-state index contributed by atoms with van der Waals surface area (Å²) in [4.78, 5) is 12.0. The lowest BCUT2D eigenvalue weighted by Crippen LogP contribution is -2.54. The van der Waals surface area contributed by atoms with Gasteiger partial charge in [0, 0.05) is 18.9 Å². The molecule has 1 aromatic rings. The van der Waals surface area contributed by atoms with E-state index >= 15 is 0 Å². The van der Waals surface area contributed by atoms with Gasteiger partial charge in [0.05, 0.1) is 5.02 Å². The summed E-state index contributed by atoms with van der Waals surface area (Å²) in [5.41, 5.74) is 5.40. The van der Waals surface area contributed by atoms with Crippen molar-refractivity contribution in [3.63, 3.8) is 0 Å². The Labute approximate surface area is 121 Å². The molecule has 19 heavy (non-hydrogen) atoms. The van der Waals surface area contributed by atoms with Gasteiger partial charge in [-0.3, -0.25) is 4.79 Å². The molecule has 2 rings (SSSR count). The summed E-state index contributed by atoms with van der Waals surface area (Å²) in [7, 11) is 0. The number of hydrogen-bond acceptors (Lipinski definition) is 3. The highest BCUT2D eigenvalue weighted by molar-refractivity contribution is 6.30. The lowest BCUT2D eigenvalue weighted by molar-refractivity contribution is -0.124. The number of nitrogens with one attached hydrogen (secondary N) is 1. The monoisotopic (exact) mass is 308 g/mol. The Morgan fingerprint density at radius 1 is 1.42 bits per heavy atom. The Morgan fingerprint density at radius 2 is 2.05 bits per heavy atom. The molecule has 0 spiro atoms. The molecular formula is C12H15Cl2FN2O2. The minimum atomic E-state index is -0.950. The van der Waals surface area contributed by atoms with Crippen molar-refractivity contribution in [1.29, 1.82) is 0 Å². The van der Waals surface area contributed by atoms with Crippen LogP contribution in [0.1, 0.15) is 12.8 Å². The van der Waals surface area contributed by atoms with Gasteiger partial charge in [-0.2, -0.15) is 0 Å². The topological polar surface area (TPSA) is 64.4 Å². The van der Waals surface area contributed by atoms with Gasteiger partial charge in [0.25, 0.3) is 0 Å². The molecule has 0 saturated carbocycles. The molecule has 0 radical (unpaired) electrons. The van der Waals surface area contributed by atoms with E-state index in [2.05, 4.69) is 5.32 Å². The zero-order chi connectivity index (χ0) is 13.2. The first-order chi connectivity index (χ1) is 8.51. The highest BCUT2D eigenvalue weighted by atomic mass is 35.5. The smallest absolute Gasteiger partial charge is 0.244 e. The lowest BCUT2D eigenvalue weighted by atomic mass is 9.90. The summed E-state index contributed by atoms with van der Waals surface area (Å²) >= 11 is 5.56. The fraction of sp³-hybridized carbons (Fsp3) is 0.417. The summed E-state index contributed by atoms with van der Waals surface area (Å²) in [6.07, 6.45) is 0.907. The molecule has 1 aromatic carbocycles. The minimum absolute atomic E-state index is 0. The predicted octanol–water partition coefficient (Wildman–Crippen LogP) is 2.35. The molecule has 0 aliphatic carbocycles. The van der Waals surface area contributed by atoms with Crippen LogP contribution in [0, 0.1) is 5.82 Å². The average Bonchev–Trinajstić information content (AvgIpc) is 2.35. The van der Waals surface area contributed by atoms with Gasteiger partial charge in [-0.1, -0.05) is 11.6 Å². The van der Waals surface area contributed by atoms with Crippen LogP contribution in [0.3, 0.4) is 0 Å². The van der Waals surface area contributed by atoms with Crippen LogP contribution in [0.25, 0.3) is 0 Å². The molecule has 4 nitrogen and oxygen atoms in total. The Morgan fingerprint density at radius 3 is 2.63 bits per heavy atom. The van der Waals surface area contributed by atoms with Crippen LogP contribution in [0.15, 0.2) is 18.2 Å². The third-order valence-electron chi connectivity index (χ3n) is 3.01. The van der Waals surface area contributed by atoms with Crippen LogP contribution in [-0.2, 0) is 9.53 Å². The SMILES string of the molecule is Cl.NC1(C(=O)Nc2ccc(Cl)c(F)c2)CCOCC1. The Bertz CT molecular complexity index is 465. The molecule has 3 N–H and O–H groups in total. The number of carbonyl (C=O) groups is 1. The van der Waals surface area contributed by atoms with Crippen molar-refractivity contribution in [1.82, 2.24) is 0 Å². The number of carbonyl (C=O) groups excluding carboxylic acids is 1. The summed E-state index contributed by atoms with van der Waals surface area (Å²) < 4.78 is 18.4. The Hall–Kier alpha value is -0.880. The molecule has 1 saturated heterocycles. The van der Waals surface area contributed by atoms with Gasteiger partial charge in [0.1, 0.15) is 11.4 Å². The van der Waals surface area contributed by atoms with Crippen LogP contribution in [0.5, 0.6) is 0 Å². The van der Waals surface area contributed by atoms with Crippen molar-refractivity contribution >= 4 is 35.6 Å². The largest absolute Gasteiger partial charge is 0.381 e. The Balaban J connectivity index is 0.00000180. The van der Waals surface area contributed by atoms with Crippen molar-refractivity contribution in [3.05, 3.63) is 29.0 Å². The van der Waals surface area contributed by atoms with E-state index in [0.717, 1.165) is 0 Å². The van der Waals surface area contributed by atoms with E-state index in [-0.39, 0.29) is 23.3 Å². The van der Waals surface area contributed by atoms with Gasteiger partial charge < -0.3 is 15.8 Å². The van der Waals surface area contributed by atoms with Crippen LogP contribution in [-0.4, -0.2) is 24.7 Å². The van der Waals surface area contributed by atoms with E-state index in [1.54, 1.807) is 0 Å². The maximum atomic E-state index is 13.2. The second-order valence-electron chi connectivity index (χ2n) is 4.35. The number of anilines is 1. The number of rotatable bonds is 2. The third-order valence-corrected chi connectivity index (χ3v) is 3.32. The number of halogens is 3. The molecular weight excluding hydrogens is 294 g/mol. The van der Waals surface area contributed by atoms with Crippen LogP contribution in [0.2, 0.25) is 5.02 Å². The van der Waals surface area contributed by atoms with Gasteiger partial charge in [0.15, 0.2) is 0 Å². The number of amides is 1. The number of ether oxygens (including phenoxy) is 1. The van der Waals surface area contributed by atoms with E-state index in [9.17, 15) is 9.18 Å². The predicted molar refractivity (Wildman–Crippen MR) is 74.3 cm³/mol. The van der Waals surface area contributed by atoms with Gasteiger partial charge in [-0.15, -0.1) is 12.4 Å². The first kappa shape index (κ1) is 16.2. The fourth-order valence-corrected chi connectivity index (χ4v) is 1.91. The standard InChI is InChI=1S/C12H14ClFN2O2.ClH/c13-9-2-1-8(7-10(9)14)16-11(17)12(15)3-5-18-6-4-12;/h1-2,7H,3-6,15H2,(H,16,17);1H. The molecule has 0 aromatic heterocycles. The molecule has 1 fully saturated rings. The maximum absolute atomic E-state index is 13.2. The number of benzene rings is 1. The molecule has 106 valence electrons. The highest BCUT2D eigenvalue weighted by Crippen LogP contribution is 2.22. The van der Waals surface area contributed by atoms with Crippen molar-refractivity contribution in [2.45, 2.75) is 18.4 Å². The van der Waals surface area contributed by atoms with Crippen LogP contribution >= 0.6 is 24.0 Å². The van der Waals surface area contributed by atoms with Gasteiger partial charge in [-0.25, -0.2) is 4.39 Å². The lowest BCUT2D eigenvalue weighted by Gasteiger charge is -2.31. The maximum Gasteiger partial charge on any atom is 0.244 e. The average molecular weight is 309 g/mol. The summed E-state index contributed by atoms with van der Waals surface area (Å²) in [5, 5.41) is 2.62. The zero-order valence-corrected chi connectivity index (χ0v) is 11.7. The zero-order valence-electron chi connectivity index (χ0n) is 10.1. The minimum Gasteiger partial charge on any atom is -0.381 e. The van der Waals surface area contributed by atoms with Gasteiger partial charge in [0.2, 0.25) is 5.91 Å². The molecule has 1 aliphatic heterocycles. The third kappa shape index (κ3) is 3.79. The molecule has 7 heteroatoms. The van der Waals surface area contributed by atoms with Gasteiger partial charge in [-0.05, 0) is 31.0 Å². The van der Waals surface area contributed by atoms with Crippen molar-refractivity contribution in [3.8, 4) is 0 Å². The van der Waals surface area contributed by atoms with E-state index in [1.807, 2.05) is 0 Å². The van der Waals surface area contributed by atoms with E-state index in [1.165, 1.54) is 18.2 Å². The van der Waals surface area contributed by atoms with Crippen molar-refractivity contribution in [2.24, 2.45) is 5.73 Å². The van der Waals surface area contributed by atoms with E-state index in [0.29, 0.717) is 31.7 Å².